The number of halogens is 1. The average molecular weight is 343 g/mol. The van der Waals surface area contributed by atoms with Crippen molar-refractivity contribution >= 4 is 17.5 Å². The van der Waals surface area contributed by atoms with Crippen molar-refractivity contribution in [3.8, 4) is 11.8 Å². The number of rotatable bonds is 7. The molecule has 4 nitrogen and oxygen atoms in total. The van der Waals surface area contributed by atoms with Gasteiger partial charge in [0, 0.05) is 11.6 Å². The maximum atomic E-state index is 11.3. The molecule has 0 spiro atoms. The standard InChI is InChI=1S/C19H19ClN2O2/c1-14-2-4-15(5-3-14)13-24-18-7-6-17(20)12-16(18)9-11-22-19(23)8-10-21/h2-7,12H,8-9,11,13H2,1H3,(H,22,23). The third kappa shape index (κ3) is 5.60. The van der Waals surface area contributed by atoms with Crippen LogP contribution < -0.4 is 10.1 Å². The summed E-state index contributed by atoms with van der Waals surface area (Å²) >= 11 is 6.06. The van der Waals surface area contributed by atoms with Crippen molar-refractivity contribution in [1.82, 2.24) is 5.32 Å². The molecule has 0 unspecified atom stereocenters. The molecule has 0 saturated heterocycles. The normalized spacial score (nSPS) is 10.0. The number of hydrogen-bond donors (Lipinski definition) is 1. The summed E-state index contributed by atoms with van der Waals surface area (Å²) in [5.74, 6) is 0.469. The molecule has 0 radical (unpaired) electrons. The van der Waals surface area contributed by atoms with E-state index >= 15 is 0 Å². The first-order valence-corrected chi connectivity index (χ1v) is 8.06. The van der Waals surface area contributed by atoms with E-state index in [0.29, 0.717) is 24.6 Å². The van der Waals surface area contributed by atoms with Crippen LogP contribution in [0.3, 0.4) is 0 Å². The molecular formula is C19H19ClN2O2. The van der Waals surface area contributed by atoms with E-state index in [1.807, 2.05) is 49.4 Å². The van der Waals surface area contributed by atoms with E-state index in [1.54, 1.807) is 6.07 Å². The van der Waals surface area contributed by atoms with Crippen LogP contribution in [0.25, 0.3) is 0 Å². The Bertz CT molecular complexity index is 736. The average Bonchev–Trinajstić information content (AvgIpc) is 2.56. The van der Waals surface area contributed by atoms with Crippen LogP contribution in [0, 0.1) is 18.3 Å². The van der Waals surface area contributed by atoms with Crippen LogP contribution in [0.4, 0.5) is 0 Å². The monoisotopic (exact) mass is 342 g/mol. The van der Waals surface area contributed by atoms with Gasteiger partial charge >= 0.3 is 0 Å². The van der Waals surface area contributed by atoms with E-state index < -0.39 is 0 Å². The third-order valence-electron chi connectivity index (χ3n) is 3.49. The first-order chi connectivity index (χ1) is 11.6. The van der Waals surface area contributed by atoms with Gasteiger partial charge in [0.1, 0.15) is 18.8 Å². The summed E-state index contributed by atoms with van der Waals surface area (Å²) in [6.45, 7) is 2.94. The lowest BCUT2D eigenvalue weighted by molar-refractivity contribution is -0.120. The Labute approximate surface area is 147 Å². The van der Waals surface area contributed by atoms with Crippen LogP contribution in [0.1, 0.15) is 23.1 Å². The molecule has 2 aromatic rings. The molecule has 0 atom stereocenters. The molecular weight excluding hydrogens is 324 g/mol. The molecule has 0 saturated carbocycles. The highest BCUT2D eigenvalue weighted by atomic mass is 35.5. The lowest BCUT2D eigenvalue weighted by Crippen LogP contribution is -2.25. The zero-order valence-corrected chi connectivity index (χ0v) is 14.3. The summed E-state index contributed by atoms with van der Waals surface area (Å²) in [5, 5.41) is 11.8. The van der Waals surface area contributed by atoms with Crippen molar-refractivity contribution in [1.29, 1.82) is 5.26 Å². The summed E-state index contributed by atoms with van der Waals surface area (Å²) in [6.07, 6.45) is 0.452. The van der Waals surface area contributed by atoms with Gasteiger partial charge < -0.3 is 10.1 Å². The van der Waals surface area contributed by atoms with E-state index in [4.69, 9.17) is 21.6 Å². The molecule has 124 valence electrons. The van der Waals surface area contributed by atoms with Crippen LogP contribution in [-0.4, -0.2) is 12.5 Å². The fraction of sp³-hybridized carbons (Fsp3) is 0.263. The Morgan fingerprint density at radius 3 is 2.71 bits per heavy atom. The van der Waals surface area contributed by atoms with Gasteiger partial charge in [0.05, 0.1) is 6.07 Å². The van der Waals surface area contributed by atoms with Crippen molar-refractivity contribution in [2.75, 3.05) is 6.54 Å². The van der Waals surface area contributed by atoms with Gasteiger partial charge in [0.2, 0.25) is 5.91 Å². The molecule has 1 N–H and O–H groups in total. The predicted molar refractivity (Wildman–Crippen MR) is 93.9 cm³/mol. The number of amides is 1. The highest BCUT2D eigenvalue weighted by Gasteiger charge is 2.07. The van der Waals surface area contributed by atoms with Gasteiger partial charge in [0.15, 0.2) is 0 Å². The Balaban J connectivity index is 1.97. The number of carbonyl (C=O) groups is 1. The third-order valence-corrected chi connectivity index (χ3v) is 3.73. The molecule has 2 rings (SSSR count). The molecule has 24 heavy (non-hydrogen) atoms. The molecule has 5 heteroatoms. The number of benzene rings is 2. The van der Waals surface area contributed by atoms with Crippen LogP contribution in [0.2, 0.25) is 5.02 Å². The smallest absolute Gasteiger partial charge is 0.234 e. The van der Waals surface area contributed by atoms with Gasteiger partial charge in [-0.25, -0.2) is 0 Å². The molecule has 0 bridgehead atoms. The summed E-state index contributed by atoms with van der Waals surface area (Å²) in [7, 11) is 0. The van der Waals surface area contributed by atoms with E-state index in [1.165, 1.54) is 5.56 Å². The van der Waals surface area contributed by atoms with E-state index in [9.17, 15) is 4.79 Å². The highest BCUT2D eigenvalue weighted by Crippen LogP contribution is 2.24. The maximum Gasteiger partial charge on any atom is 0.234 e. The number of ether oxygens (including phenoxy) is 1. The SMILES string of the molecule is Cc1ccc(COc2ccc(Cl)cc2CCNC(=O)CC#N)cc1. The van der Waals surface area contributed by atoms with Gasteiger partial charge in [-0.2, -0.15) is 5.26 Å². The molecule has 0 aliphatic carbocycles. The Hall–Kier alpha value is -2.51. The number of nitrogens with zero attached hydrogens (tertiary/aromatic N) is 1. The van der Waals surface area contributed by atoms with Gasteiger partial charge in [-0.3, -0.25) is 4.79 Å². The summed E-state index contributed by atoms with van der Waals surface area (Å²) < 4.78 is 5.90. The first kappa shape index (κ1) is 17.8. The molecule has 0 heterocycles. The second kappa shape index (κ2) is 8.95. The minimum Gasteiger partial charge on any atom is -0.489 e. The topological polar surface area (TPSA) is 62.1 Å². The van der Waals surface area contributed by atoms with Crippen LogP contribution in [0.15, 0.2) is 42.5 Å². The zero-order valence-electron chi connectivity index (χ0n) is 13.5. The maximum absolute atomic E-state index is 11.3. The van der Waals surface area contributed by atoms with Gasteiger partial charge in [0.25, 0.3) is 0 Å². The minimum absolute atomic E-state index is 0.133. The second-order valence-electron chi connectivity index (χ2n) is 5.46. The number of nitrogens with one attached hydrogen (secondary N) is 1. The molecule has 2 aromatic carbocycles. The summed E-state index contributed by atoms with van der Waals surface area (Å²) in [4.78, 5) is 11.3. The Morgan fingerprint density at radius 1 is 1.25 bits per heavy atom. The van der Waals surface area contributed by atoms with Gasteiger partial charge in [-0.1, -0.05) is 41.4 Å². The van der Waals surface area contributed by atoms with Crippen molar-refractivity contribution in [3.05, 3.63) is 64.2 Å². The molecule has 0 fully saturated rings. The lowest BCUT2D eigenvalue weighted by Gasteiger charge is -2.12. The number of nitriles is 1. The van der Waals surface area contributed by atoms with E-state index in [-0.39, 0.29) is 12.3 Å². The second-order valence-corrected chi connectivity index (χ2v) is 5.90. The van der Waals surface area contributed by atoms with Gasteiger partial charge in [-0.05, 0) is 42.7 Å². The molecule has 0 aromatic heterocycles. The van der Waals surface area contributed by atoms with E-state index in [2.05, 4.69) is 5.32 Å². The fourth-order valence-electron chi connectivity index (χ4n) is 2.20. The van der Waals surface area contributed by atoms with Crippen LogP contribution >= 0.6 is 11.6 Å². The quantitative estimate of drug-likeness (QED) is 0.832. The number of hydrogen-bond acceptors (Lipinski definition) is 3. The molecule has 0 aliphatic heterocycles. The van der Waals surface area contributed by atoms with Crippen molar-refractivity contribution in [2.45, 2.75) is 26.4 Å². The number of aryl methyl sites for hydroxylation is 1. The summed E-state index contributed by atoms with van der Waals surface area (Å²) in [6, 6.07) is 15.4. The van der Waals surface area contributed by atoms with Crippen molar-refractivity contribution < 1.29 is 9.53 Å². The predicted octanol–water partition coefficient (Wildman–Crippen LogP) is 3.80. The summed E-state index contributed by atoms with van der Waals surface area (Å²) in [5.41, 5.74) is 3.22. The zero-order chi connectivity index (χ0) is 17.4. The largest absolute Gasteiger partial charge is 0.489 e. The molecule has 0 aliphatic rings. The lowest BCUT2D eigenvalue weighted by atomic mass is 10.1. The number of carbonyl (C=O) groups excluding carboxylic acids is 1. The van der Waals surface area contributed by atoms with Crippen LogP contribution in [0.5, 0.6) is 5.75 Å². The fourth-order valence-corrected chi connectivity index (χ4v) is 2.40. The first-order valence-electron chi connectivity index (χ1n) is 7.69. The van der Waals surface area contributed by atoms with Crippen LogP contribution in [-0.2, 0) is 17.8 Å². The van der Waals surface area contributed by atoms with E-state index in [0.717, 1.165) is 16.9 Å². The van der Waals surface area contributed by atoms with Crippen molar-refractivity contribution in [3.63, 3.8) is 0 Å². The Morgan fingerprint density at radius 2 is 2.00 bits per heavy atom. The van der Waals surface area contributed by atoms with Gasteiger partial charge in [-0.15, -0.1) is 0 Å². The van der Waals surface area contributed by atoms with Crippen molar-refractivity contribution in [2.24, 2.45) is 0 Å². The molecule has 1 amide bonds. The highest BCUT2D eigenvalue weighted by molar-refractivity contribution is 6.30. The Kier molecular flexibility index (Phi) is 6.65. The minimum atomic E-state index is -0.276.